The van der Waals surface area contributed by atoms with Gasteiger partial charge >= 0.3 is 0 Å². The molecular weight excluding hydrogens is 326 g/mol. The molecule has 0 radical (unpaired) electrons. The van der Waals surface area contributed by atoms with Gasteiger partial charge in [-0.2, -0.15) is 0 Å². The van der Waals surface area contributed by atoms with Crippen LogP contribution in [0.1, 0.15) is 29.0 Å². The molecule has 0 unspecified atom stereocenters. The number of aliphatic hydroxyl groups is 1. The molecule has 26 heavy (non-hydrogen) atoms. The van der Waals surface area contributed by atoms with Crippen LogP contribution >= 0.6 is 0 Å². The lowest BCUT2D eigenvalue weighted by Crippen LogP contribution is -2.48. The summed E-state index contributed by atoms with van der Waals surface area (Å²) in [6.45, 7) is 0. The average molecular weight is 347 g/mol. The number of rotatable bonds is 5. The fourth-order valence-corrected chi connectivity index (χ4v) is 3.47. The molecule has 1 aliphatic rings. The Morgan fingerprint density at radius 2 is 1.92 bits per heavy atom. The van der Waals surface area contributed by atoms with Gasteiger partial charge in [0.05, 0.1) is 11.6 Å². The number of amides is 1. The zero-order valence-corrected chi connectivity index (χ0v) is 14.4. The molecule has 1 saturated carbocycles. The molecule has 3 aromatic rings. The first kappa shape index (κ1) is 16.7. The van der Waals surface area contributed by atoms with Gasteiger partial charge in [-0.3, -0.25) is 9.78 Å². The Morgan fingerprint density at radius 1 is 1.12 bits per heavy atom. The minimum atomic E-state index is -0.262. The third kappa shape index (κ3) is 3.58. The van der Waals surface area contributed by atoms with E-state index in [4.69, 9.17) is 0 Å². The third-order valence-corrected chi connectivity index (χ3v) is 5.02. The highest BCUT2D eigenvalue weighted by molar-refractivity contribution is 5.95. The van der Waals surface area contributed by atoms with Crippen LogP contribution in [0.3, 0.4) is 0 Å². The largest absolute Gasteiger partial charge is 0.393 e. The smallest absolute Gasteiger partial charge is 0.270 e. The number of nitrogens with zero attached hydrogens (tertiary/aromatic N) is 2. The predicted molar refractivity (Wildman–Crippen MR) is 99.7 cm³/mol. The Kier molecular flexibility index (Phi) is 4.63. The van der Waals surface area contributed by atoms with E-state index in [0.29, 0.717) is 25.0 Å². The summed E-state index contributed by atoms with van der Waals surface area (Å²) in [6.07, 6.45) is 3.57. The van der Waals surface area contributed by atoms with E-state index < -0.39 is 0 Å². The number of hydrogen-bond donors (Lipinski definition) is 2. The number of aliphatic hydroxyl groups excluding tert-OH is 1. The fraction of sp³-hybridized carbons (Fsp3) is 0.286. The summed E-state index contributed by atoms with van der Waals surface area (Å²) in [4.78, 5) is 21.6. The standard InChI is InChI=1S/C21H21N3O2/c25-17-11-15(12-17)20(13-16-6-3-4-10-22-16)24-21(26)19-9-8-14-5-1-2-7-18(14)23-19/h1-10,15,17,20,25H,11-13H2,(H,24,26)/t15?,17?,20-/m1/s1. The van der Waals surface area contributed by atoms with E-state index in [1.165, 1.54) is 0 Å². The van der Waals surface area contributed by atoms with Gasteiger partial charge in [0.1, 0.15) is 5.69 Å². The molecule has 1 amide bonds. The topological polar surface area (TPSA) is 75.1 Å². The van der Waals surface area contributed by atoms with Gasteiger partial charge in [-0.1, -0.05) is 30.3 Å². The van der Waals surface area contributed by atoms with E-state index in [9.17, 15) is 9.90 Å². The first-order chi connectivity index (χ1) is 12.7. The maximum Gasteiger partial charge on any atom is 0.270 e. The van der Waals surface area contributed by atoms with Gasteiger partial charge in [0.15, 0.2) is 0 Å². The number of nitrogens with one attached hydrogen (secondary N) is 1. The molecule has 2 N–H and O–H groups in total. The second-order valence-corrected chi connectivity index (χ2v) is 6.88. The quantitative estimate of drug-likeness (QED) is 0.744. The molecule has 1 fully saturated rings. The van der Waals surface area contributed by atoms with Gasteiger partial charge in [0.2, 0.25) is 0 Å². The monoisotopic (exact) mass is 347 g/mol. The van der Waals surface area contributed by atoms with Gasteiger partial charge in [-0.25, -0.2) is 4.98 Å². The molecule has 2 aromatic heterocycles. The summed E-state index contributed by atoms with van der Waals surface area (Å²) < 4.78 is 0. The third-order valence-electron chi connectivity index (χ3n) is 5.02. The van der Waals surface area contributed by atoms with Gasteiger partial charge in [0.25, 0.3) is 5.91 Å². The molecule has 4 rings (SSSR count). The van der Waals surface area contributed by atoms with Crippen molar-refractivity contribution in [3.8, 4) is 0 Å². The summed E-state index contributed by atoms with van der Waals surface area (Å²) >= 11 is 0. The Labute approximate surface area is 152 Å². The van der Waals surface area contributed by atoms with E-state index in [0.717, 1.165) is 16.6 Å². The molecule has 5 nitrogen and oxygen atoms in total. The van der Waals surface area contributed by atoms with Crippen LogP contribution in [0.5, 0.6) is 0 Å². The molecule has 1 aliphatic carbocycles. The van der Waals surface area contributed by atoms with Crippen molar-refractivity contribution in [3.63, 3.8) is 0 Å². The maximum atomic E-state index is 12.8. The van der Waals surface area contributed by atoms with Crippen molar-refractivity contribution in [1.29, 1.82) is 0 Å². The van der Waals surface area contributed by atoms with Gasteiger partial charge < -0.3 is 10.4 Å². The number of carbonyl (C=O) groups excluding carboxylic acids is 1. The van der Waals surface area contributed by atoms with Crippen LogP contribution in [0.15, 0.2) is 60.8 Å². The van der Waals surface area contributed by atoms with Crippen LogP contribution < -0.4 is 5.32 Å². The Hall–Kier alpha value is -2.79. The van der Waals surface area contributed by atoms with Gasteiger partial charge in [-0.15, -0.1) is 0 Å². The molecule has 0 aliphatic heterocycles. The lowest BCUT2D eigenvalue weighted by atomic mass is 9.76. The normalized spacial score (nSPS) is 20.3. The summed E-state index contributed by atoms with van der Waals surface area (Å²) in [5.41, 5.74) is 2.15. The van der Waals surface area contributed by atoms with Crippen LogP contribution in [0.2, 0.25) is 0 Å². The lowest BCUT2D eigenvalue weighted by molar-refractivity contribution is 0.0237. The van der Waals surface area contributed by atoms with E-state index in [2.05, 4.69) is 15.3 Å². The van der Waals surface area contributed by atoms with Crippen molar-refractivity contribution in [3.05, 3.63) is 72.2 Å². The minimum absolute atomic E-state index is 0.0610. The molecule has 1 atom stereocenters. The Bertz CT molecular complexity index is 907. The highest BCUT2D eigenvalue weighted by Crippen LogP contribution is 2.31. The van der Waals surface area contributed by atoms with Crippen LogP contribution in [0.25, 0.3) is 10.9 Å². The van der Waals surface area contributed by atoms with Crippen LogP contribution in [-0.2, 0) is 6.42 Å². The van der Waals surface area contributed by atoms with Gasteiger partial charge in [-0.05, 0) is 43.0 Å². The number of benzene rings is 1. The second-order valence-electron chi connectivity index (χ2n) is 6.88. The van der Waals surface area contributed by atoms with E-state index in [1.807, 2.05) is 48.5 Å². The summed E-state index contributed by atoms with van der Waals surface area (Å²) in [6, 6.07) is 17.1. The van der Waals surface area contributed by atoms with Crippen molar-refractivity contribution in [2.45, 2.75) is 31.4 Å². The predicted octanol–water partition coefficient (Wildman–Crippen LogP) is 2.74. The Morgan fingerprint density at radius 3 is 2.69 bits per heavy atom. The molecule has 0 spiro atoms. The summed E-state index contributed by atoms with van der Waals surface area (Å²) in [7, 11) is 0. The van der Waals surface area contributed by atoms with E-state index in [-0.39, 0.29) is 24.0 Å². The number of para-hydroxylation sites is 1. The molecular formula is C21H21N3O2. The van der Waals surface area contributed by atoms with Crippen LogP contribution in [0.4, 0.5) is 0 Å². The molecule has 5 heteroatoms. The SMILES string of the molecule is O=C(N[C@H](Cc1ccccn1)C1CC(O)C1)c1ccc2ccccc2n1. The fourth-order valence-electron chi connectivity index (χ4n) is 3.47. The Balaban J connectivity index is 1.52. The molecule has 0 bridgehead atoms. The molecule has 132 valence electrons. The number of pyridine rings is 2. The number of aromatic nitrogens is 2. The second kappa shape index (κ2) is 7.22. The van der Waals surface area contributed by atoms with Crippen molar-refractivity contribution in [1.82, 2.24) is 15.3 Å². The van der Waals surface area contributed by atoms with Crippen LogP contribution in [-0.4, -0.2) is 33.1 Å². The number of hydrogen-bond acceptors (Lipinski definition) is 4. The lowest BCUT2D eigenvalue weighted by Gasteiger charge is -2.38. The highest BCUT2D eigenvalue weighted by atomic mass is 16.3. The minimum Gasteiger partial charge on any atom is -0.393 e. The van der Waals surface area contributed by atoms with Crippen molar-refractivity contribution in [2.24, 2.45) is 5.92 Å². The molecule has 1 aromatic carbocycles. The molecule has 2 heterocycles. The molecule has 0 saturated heterocycles. The maximum absolute atomic E-state index is 12.8. The van der Waals surface area contributed by atoms with Gasteiger partial charge in [0, 0.05) is 29.7 Å². The highest BCUT2D eigenvalue weighted by Gasteiger charge is 2.35. The number of carbonyl (C=O) groups is 1. The van der Waals surface area contributed by atoms with Crippen molar-refractivity contribution in [2.75, 3.05) is 0 Å². The average Bonchev–Trinajstić information content (AvgIpc) is 2.65. The first-order valence-electron chi connectivity index (χ1n) is 8.93. The van der Waals surface area contributed by atoms with Crippen molar-refractivity contribution < 1.29 is 9.90 Å². The van der Waals surface area contributed by atoms with E-state index in [1.54, 1.807) is 12.3 Å². The van der Waals surface area contributed by atoms with E-state index >= 15 is 0 Å². The number of fused-ring (bicyclic) bond motifs is 1. The first-order valence-corrected chi connectivity index (χ1v) is 8.93. The zero-order chi connectivity index (χ0) is 17.9. The summed E-state index contributed by atoms with van der Waals surface area (Å²) in [5, 5.41) is 13.8. The van der Waals surface area contributed by atoms with Crippen molar-refractivity contribution >= 4 is 16.8 Å². The zero-order valence-electron chi connectivity index (χ0n) is 14.4. The summed E-state index contributed by atoms with van der Waals surface area (Å²) in [5.74, 6) is 0.0782. The van der Waals surface area contributed by atoms with Crippen LogP contribution in [0, 0.1) is 5.92 Å².